The van der Waals surface area contributed by atoms with Gasteiger partial charge in [-0.3, -0.25) is 9.98 Å². The molecule has 0 bridgehead atoms. The van der Waals surface area contributed by atoms with Crippen LogP contribution >= 0.6 is 0 Å². The molecular weight excluding hydrogens is 1370 g/mol. The second-order valence-corrected chi connectivity index (χ2v) is 32.9. The van der Waals surface area contributed by atoms with Gasteiger partial charge in [0.25, 0.3) is 0 Å². The monoisotopic (exact) mass is 1470 g/mol. The molecule has 0 N–H and O–H groups in total. The van der Waals surface area contributed by atoms with Crippen molar-refractivity contribution in [2.24, 2.45) is 16.8 Å². The van der Waals surface area contributed by atoms with Gasteiger partial charge in [0.2, 0.25) is 0 Å². The standard InChI is InChI=1S/C105H98N8/c1-19-112-94-41-39-78(52-92(94)93-53-90(79-24-20-26-81(47-79)96-56(2)42-58(4)108-68(96)14)91(54-95(93)112)80-25-21-27-82(48-80)97-57(3)43-59(5)109-69(97)15)77-37-33-73-32-35-75(44-87(73)45-77)76-36-34-74-38-40-89(51-88(74)46-76)113-104-64(10)60(6)62(8)98(83-28-22-30-85(49-83)100-66(12)106-55-107-67(100)13)102(104)103-99(63(9)61(7)65(11)105(103)113)84-29-23-31-86(50-84)101-70(16)110-72(18)111-71(101)17/h20-36,38,40,42-56,77,96H,19,37,39,41H2,1-18H3. The molecule has 3 unspecified atom stereocenters. The van der Waals surface area contributed by atoms with E-state index in [0.29, 0.717) is 5.92 Å². The molecule has 8 heteroatoms. The molecule has 15 aromatic rings. The van der Waals surface area contributed by atoms with Crippen LogP contribution in [0, 0.1) is 109 Å². The number of hydrogen-bond donors (Lipinski definition) is 0. The van der Waals surface area contributed by atoms with Crippen molar-refractivity contribution in [3.05, 3.63) is 300 Å². The first-order valence-corrected chi connectivity index (χ1v) is 40.5. The maximum Gasteiger partial charge on any atom is 0.125 e. The van der Waals surface area contributed by atoms with Gasteiger partial charge in [-0.15, -0.1) is 0 Å². The molecule has 0 saturated heterocycles. The number of allylic oxidation sites excluding steroid dienone is 3. The number of aliphatic imine (C=N–C) groups is 1. The average Bonchev–Trinajstić information content (AvgIpc) is 1.53. The molecule has 6 heterocycles. The van der Waals surface area contributed by atoms with Crippen molar-refractivity contribution in [2.75, 3.05) is 0 Å². The second kappa shape index (κ2) is 28.0. The summed E-state index contributed by atoms with van der Waals surface area (Å²) in [5, 5.41) is 8.81. The molecule has 1 aliphatic heterocycles. The Labute approximate surface area is 664 Å². The van der Waals surface area contributed by atoms with E-state index in [-0.39, 0.29) is 11.8 Å². The minimum atomic E-state index is 0.203. The highest BCUT2D eigenvalue weighted by molar-refractivity contribution is 6.24. The van der Waals surface area contributed by atoms with E-state index in [0.717, 1.165) is 105 Å². The Bertz CT molecular complexity index is 6790. The van der Waals surface area contributed by atoms with E-state index in [1.807, 2.05) is 6.92 Å². The van der Waals surface area contributed by atoms with Crippen molar-refractivity contribution in [3.63, 3.8) is 0 Å². The number of fused-ring (bicyclic) bond motifs is 8. The summed E-state index contributed by atoms with van der Waals surface area (Å²) in [6.07, 6.45) is 14.7. The highest BCUT2D eigenvalue weighted by Crippen LogP contribution is 2.52. The van der Waals surface area contributed by atoms with Gasteiger partial charge in [0.15, 0.2) is 0 Å². The lowest BCUT2D eigenvalue weighted by molar-refractivity contribution is 0.650. The Kier molecular flexibility index (Phi) is 18.0. The molecule has 2 aliphatic carbocycles. The number of pyridine rings is 1. The molecule has 3 atom stereocenters. The minimum Gasteiger partial charge on any atom is -0.344 e. The van der Waals surface area contributed by atoms with Crippen LogP contribution in [0.25, 0.3) is 156 Å². The van der Waals surface area contributed by atoms with Crippen LogP contribution in [0.3, 0.4) is 0 Å². The number of aryl methyl sites for hydroxylation is 11. The summed E-state index contributed by atoms with van der Waals surface area (Å²) in [7, 11) is 0. The fourth-order valence-electron chi connectivity index (χ4n) is 20.4. The average molecular weight is 1470 g/mol. The molecule has 18 rings (SSSR count). The van der Waals surface area contributed by atoms with Gasteiger partial charge in [0.1, 0.15) is 12.2 Å². The maximum atomic E-state index is 5.03. The van der Waals surface area contributed by atoms with Crippen LogP contribution < -0.4 is 10.4 Å². The summed E-state index contributed by atoms with van der Waals surface area (Å²) in [5.74, 6) is 1.59. The van der Waals surface area contributed by atoms with E-state index in [4.69, 9.17) is 29.9 Å². The van der Waals surface area contributed by atoms with Crippen molar-refractivity contribution >= 4 is 67.4 Å². The van der Waals surface area contributed by atoms with Gasteiger partial charge in [0.05, 0.1) is 11.0 Å². The van der Waals surface area contributed by atoms with Gasteiger partial charge in [-0.2, -0.15) is 0 Å². The fourth-order valence-corrected chi connectivity index (χ4v) is 20.4. The number of aromatic nitrogens is 7. The lowest BCUT2D eigenvalue weighted by Crippen LogP contribution is -2.29. The molecule has 0 spiro atoms. The zero-order valence-corrected chi connectivity index (χ0v) is 68.7. The third-order valence-electron chi connectivity index (χ3n) is 25.8. The van der Waals surface area contributed by atoms with E-state index >= 15 is 0 Å². The first-order valence-electron chi connectivity index (χ1n) is 40.5. The lowest BCUT2D eigenvalue weighted by Gasteiger charge is -2.27. The molecule has 0 amide bonds. The molecule has 0 saturated carbocycles. The fraction of sp³-hybridized carbons (Fsp3) is 0.238. The minimum absolute atomic E-state index is 0.203. The van der Waals surface area contributed by atoms with Crippen LogP contribution in [0.5, 0.6) is 0 Å². The Morgan fingerprint density at radius 2 is 1.00 bits per heavy atom. The number of hydrogen-bond acceptors (Lipinski definition) is 6. The van der Waals surface area contributed by atoms with Crippen LogP contribution in [0.4, 0.5) is 0 Å². The first kappa shape index (κ1) is 72.5. The van der Waals surface area contributed by atoms with Gasteiger partial charge in [-0.25, -0.2) is 19.9 Å². The van der Waals surface area contributed by atoms with Crippen LogP contribution in [0.15, 0.2) is 199 Å². The highest BCUT2D eigenvalue weighted by atomic mass is 15.0. The molecule has 10 aromatic carbocycles. The van der Waals surface area contributed by atoms with Crippen LogP contribution in [0.1, 0.15) is 142 Å². The molecule has 3 aliphatic rings. The van der Waals surface area contributed by atoms with Gasteiger partial charge >= 0.3 is 0 Å². The SMILES string of the molecule is CCn1c2c(c3cc(-c4cccc(C5C(C)=NC(C)=CC5C)c4)c(-c4cccc(-c5c(C)cc(C)nc5C)c4)cc31)C=C(C1C=c3cc(-c4ccc5ccc(-n6c7c(C)c(C)c(C)c(-c8cccc(-c9c(C)ncnc9C)c8)c7c7c(-c8cccc(-c9c(C)nc(C)nc9C)c8)c(C)c(C)c(C)c76)cc5c4)ccc3=CC1)CC2. The van der Waals surface area contributed by atoms with Gasteiger partial charge < -0.3 is 9.13 Å². The molecule has 5 aromatic heterocycles. The lowest BCUT2D eigenvalue weighted by atomic mass is 9.80. The smallest absolute Gasteiger partial charge is 0.125 e. The van der Waals surface area contributed by atoms with Crippen LogP contribution in [-0.2, 0) is 13.0 Å². The van der Waals surface area contributed by atoms with Gasteiger partial charge in [-0.1, -0.05) is 146 Å². The second-order valence-electron chi connectivity index (χ2n) is 32.9. The van der Waals surface area contributed by atoms with E-state index in [1.165, 1.54) is 182 Å². The molecule has 0 radical (unpaired) electrons. The summed E-state index contributed by atoms with van der Waals surface area (Å²) in [4.78, 5) is 29.2. The Balaban J connectivity index is 0.762. The summed E-state index contributed by atoms with van der Waals surface area (Å²) >= 11 is 0. The van der Waals surface area contributed by atoms with E-state index in [2.05, 4.69) is 321 Å². The van der Waals surface area contributed by atoms with Crippen molar-refractivity contribution in [1.29, 1.82) is 0 Å². The largest absolute Gasteiger partial charge is 0.344 e. The molecule has 0 fully saturated rings. The Hall–Kier alpha value is -12.0. The van der Waals surface area contributed by atoms with Crippen molar-refractivity contribution in [3.8, 4) is 94.7 Å². The summed E-state index contributed by atoms with van der Waals surface area (Å²) in [6.45, 7) is 40.8. The zero-order valence-electron chi connectivity index (χ0n) is 68.7. The van der Waals surface area contributed by atoms with Crippen molar-refractivity contribution in [1.82, 2.24) is 34.1 Å². The van der Waals surface area contributed by atoms with Gasteiger partial charge in [0, 0.05) is 119 Å². The molecule has 113 heavy (non-hydrogen) atoms. The Morgan fingerprint density at radius 1 is 0.442 bits per heavy atom. The first-order chi connectivity index (χ1) is 54.5. The third kappa shape index (κ3) is 12.2. The third-order valence-corrected chi connectivity index (χ3v) is 25.8. The molecule has 558 valence electrons. The number of rotatable bonds is 12. The quantitative estimate of drug-likeness (QED) is 0.122. The van der Waals surface area contributed by atoms with Crippen LogP contribution in [0.2, 0.25) is 0 Å². The maximum absolute atomic E-state index is 5.03. The van der Waals surface area contributed by atoms with Crippen molar-refractivity contribution < 1.29 is 0 Å². The highest BCUT2D eigenvalue weighted by Gasteiger charge is 2.32. The normalized spacial score (nSPS) is 15.5. The van der Waals surface area contributed by atoms with E-state index in [1.54, 1.807) is 6.33 Å². The van der Waals surface area contributed by atoms with Crippen molar-refractivity contribution in [2.45, 2.75) is 156 Å². The summed E-state index contributed by atoms with van der Waals surface area (Å²) in [6, 6.07) is 65.5. The Morgan fingerprint density at radius 3 is 1.64 bits per heavy atom. The number of benzene rings is 10. The number of nitrogens with zero attached hydrogens (tertiary/aromatic N) is 8. The van der Waals surface area contributed by atoms with Crippen LogP contribution in [-0.4, -0.2) is 39.8 Å². The summed E-state index contributed by atoms with van der Waals surface area (Å²) < 4.78 is 5.24. The molecule has 8 nitrogen and oxygen atoms in total. The van der Waals surface area contributed by atoms with E-state index in [9.17, 15) is 0 Å². The predicted octanol–water partition coefficient (Wildman–Crippen LogP) is 25.2. The molecular formula is C105H98N8. The predicted molar refractivity (Wildman–Crippen MR) is 476 cm³/mol. The van der Waals surface area contributed by atoms with E-state index < -0.39 is 0 Å². The topological polar surface area (TPSA) is 86.7 Å². The summed E-state index contributed by atoms with van der Waals surface area (Å²) in [5.41, 5.74) is 46.5. The zero-order chi connectivity index (χ0) is 78.4. The van der Waals surface area contributed by atoms with Gasteiger partial charge in [-0.05, 0) is 342 Å².